The molecule has 1 amide bonds. The Kier molecular flexibility index (Phi) is 4.01. The third-order valence-electron chi connectivity index (χ3n) is 2.95. The van der Waals surface area contributed by atoms with Crippen LogP contribution in [-0.4, -0.2) is 31.8 Å². The average Bonchev–Trinajstić information content (AvgIpc) is 3.25. The van der Waals surface area contributed by atoms with E-state index in [2.05, 4.69) is 26.1 Å². The third-order valence-corrected chi connectivity index (χ3v) is 3.82. The number of hydrogen-bond acceptors (Lipinski definition) is 6. The van der Waals surface area contributed by atoms with E-state index >= 15 is 0 Å². The quantitative estimate of drug-likeness (QED) is 0.589. The molecule has 0 spiro atoms. The third kappa shape index (κ3) is 3.07. The number of tetrazole rings is 1. The summed E-state index contributed by atoms with van der Waals surface area (Å²) in [6.45, 7) is 1.83. The first-order chi connectivity index (χ1) is 10.7. The normalized spacial score (nSPS) is 11.4. The second-order valence-corrected chi connectivity index (χ2v) is 5.37. The Hall–Kier alpha value is -2.87. The van der Waals surface area contributed by atoms with Crippen molar-refractivity contribution < 1.29 is 4.79 Å². The van der Waals surface area contributed by atoms with Gasteiger partial charge in [-0.15, -0.1) is 16.4 Å². The topological polar surface area (TPSA) is 85.1 Å². The Morgan fingerprint density at radius 2 is 2.23 bits per heavy atom. The highest BCUT2D eigenvalue weighted by molar-refractivity contribution is 7.12. The predicted molar refractivity (Wildman–Crippen MR) is 83.2 cm³/mol. The van der Waals surface area contributed by atoms with Gasteiger partial charge in [0.25, 0.3) is 5.91 Å². The van der Waals surface area contributed by atoms with Crippen molar-refractivity contribution in [1.82, 2.24) is 25.6 Å². The Bertz CT molecular complexity index is 795. The monoisotopic (exact) mass is 312 g/mol. The van der Waals surface area contributed by atoms with Crippen LogP contribution in [0.25, 0.3) is 5.69 Å². The van der Waals surface area contributed by atoms with Gasteiger partial charge in [-0.25, -0.2) is 10.1 Å². The molecule has 7 nitrogen and oxygen atoms in total. The summed E-state index contributed by atoms with van der Waals surface area (Å²) in [5.74, 6) is -0.217. The van der Waals surface area contributed by atoms with Crippen LogP contribution in [0.1, 0.15) is 22.2 Å². The van der Waals surface area contributed by atoms with Crippen molar-refractivity contribution in [3.05, 3.63) is 58.5 Å². The number of rotatable bonds is 4. The molecule has 3 rings (SSSR count). The van der Waals surface area contributed by atoms with Gasteiger partial charge in [-0.2, -0.15) is 5.10 Å². The van der Waals surface area contributed by atoms with Gasteiger partial charge in [0.05, 0.1) is 16.3 Å². The number of thiophene rings is 1. The number of nitrogens with zero attached hydrogens (tertiary/aromatic N) is 5. The van der Waals surface area contributed by atoms with Gasteiger partial charge < -0.3 is 0 Å². The predicted octanol–water partition coefficient (Wildman–Crippen LogP) is 1.88. The molecule has 0 atom stereocenters. The molecule has 1 aromatic carbocycles. The van der Waals surface area contributed by atoms with E-state index in [0.29, 0.717) is 10.6 Å². The highest BCUT2D eigenvalue weighted by Gasteiger charge is 2.06. The zero-order valence-corrected chi connectivity index (χ0v) is 12.5. The molecular weight excluding hydrogens is 300 g/mol. The summed E-state index contributed by atoms with van der Waals surface area (Å²) in [7, 11) is 0. The van der Waals surface area contributed by atoms with Crippen molar-refractivity contribution in [3.63, 3.8) is 0 Å². The Morgan fingerprint density at radius 1 is 1.32 bits per heavy atom. The molecule has 2 heterocycles. The largest absolute Gasteiger partial charge is 0.281 e. The molecule has 2 aromatic heterocycles. The van der Waals surface area contributed by atoms with Gasteiger partial charge in [-0.05, 0) is 46.5 Å². The molecule has 3 aromatic rings. The van der Waals surface area contributed by atoms with Crippen LogP contribution in [0.5, 0.6) is 0 Å². The molecule has 0 aliphatic carbocycles. The van der Waals surface area contributed by atoms with Crippen LogP contribution < -0.4 is 5.43 Å². The lowest BCUT2D eigenvalue weighted by Gasteiger charge is -2.04. The van der Waals surface area contributed by atoms with Crippen molar-refractivity contribution in [2.45, 2.75) is 6.92 Å². The van der Waals surface area contributed by atoms with Crippen LogP contribution in [0.3, 0.4) is 0 Å². The second-order valence-electron chi connectivity index (χ2n) is 4.42. The first-order valence-corrected chi connectivity index (χ1v) is 7.34. The van der Waals surface area contributed by atoms with Gasteiger partial charge in [0.2, 0.25) is 0 Å². The molecule has 0 fully saturated rings. The molecule has 110 valence electrons. The molecule has 0 saturated carbocycles. The number of aromatic nitrogens is 4. The van der Waals surface area contributed by atoms with E-state index in [4.69, 9.17) is 0 Å². The molecule has 0 saturated heterocycles. The number of nitrogens with one attached hydrogen (secondary N) is 1. The fraction of sp³-hybridized carbons (Fsp3) is 0.0714. The van der Waals surface area contributed by atoms with Crippen LogP contribution in [-0.2, 0) is 0 Å². The Morgan fingerprint density at radius 3 is 2.95 bits per heavy atom. The summed E-state index contributed by atoms with van der Waals surface area (Å²) in [5, 5.41) is 17.0. The zero-order valence-electron chi connectivity index (χ0n) is 11.7. The summed E-state index contributed by atoms with van der Waals surface area (Å²) in [6.07, 6.45) is 1.52. The van der Waals surface area contributed by atoms with Gasteiger partial charge in [0.15, 0.2) is 0 Å². The summed E-state index contributed by atoms with van der Waals surface area (Å²) in [6, 6.07) is 11.1. The average molecular weight is 312 g/mol. The molecule has 0 bridgehead atoms. The second kappa shape index (κ2) is 6.27. The lowest BCUT2D eigenvalue weighted by atomic mass is 10.1. The van der Waals surface area contributed by atoms with Crippen LogP contribution in [0, 0.1) is 0 Å². The van der Waals surface area contributed by atoms with E-state index in [1.165, 1.54) is 17.7 Å². The lowest BCUT2D eigenvalue weighted by Crippen LogP contribution is -2.18. The number of amides is 1. The minimum atomic E-state index is -0.217. The van der Waals surface area contributed by atoms with Crippen molar-refractivity contribution in [2.24, 2.45) is 5.10 Å². The first-order valence-electron chi connectivity index (χ1n) is 6.46. The Balaban J connectivity index is 1.77. The summed E-state index contributed by atoms with van der Waals surface area (Å²) < 4.78 is 1.56. The smallest absolute Gasteiger partial charge is 0.266 e. The fourth-order valence-electron chi connectivity index (χ4n) is 1.82. The van der Waals surface area contributed by atoms with Gasteiger partial charge in [0, 0.05) is 0 Å². The van der Waals surface area contributed by atoms with E-state index in [1.807, 2.05) is 42.6 Å². The SMILES string of the molecule is C/C(=N/NC(=O)c1cccs1)c1cccc(-n2cnnn2)c1. The van der Waals surface area contributed by atoms with Crippen LogP contribution in [0.15, 0.2) is 53.2 Å². The van der Waals surface area contributed by atoms with Crippen LogP contribution in [0.2, 0.25) is 0 Å². The van der Waals surface area contributed by atoms with E-state index < -0.39 is 0 Å². The number of hydrazone groups is 1. The van der Waals surface area contributed by atoms with E-state index in [9.17, 15) is 4.79 Å². The molecular formula is C14H12N6OS. The van der Waals surface area contributed by atoms with Crippen LogP contribution >= 0.6 is 11.3 Å². The van der Waals surface area contributed by atoms with Crippen molar-refractivity contribution in [1.29, 1.82) is 0 Å². The minimum Gasteiger partial charge on any atom is -0.266 e. The Labute approximate surface area is 130 Å². The van der Waals surface area contributed by atoms with Gasteiger partial charge in [0.1, 0.15) is 6.33 Å². The van der Waals surface area contributed by atoms with Crippen molar-refractivity contribution >= 4 is 23.0 Å². The highest BCUT2D eigenvalue weighted by Crippen LogP contribution is 2.10. The first kappa shape index (κ1) is 14.1. The molecule has 22 heavy (non-hydrogen) atoms. The van der Waals surface area contributed by atoms with Gasteiger partial charge in [-0.3, -0.25) is 4.79 Å². The molecule has 0 unspecified atom stereocenters. The molecule has 0 aliphatic heterocycles. The maximum atomic E-state index is 11.9. The maximum absolute atomic E-state index is 11.9. The standard InChI is InChI=1S/C14H12N6OS/c1-10(16-17-14(21)13-6-3-7-22-13)11-4-2-5-12(8-11)20-9-15-18-19-20/h2-9H,1H3,(H,17,21)/b16-10-. The summed E-state index contributed by atoms with van der Waals surface area (Å²) in [5.41, 5.74) is 4.94. The number of carbonyl (C=O) groups excluding carboxylic acids is 1. The van der Waals surface area contributed by atoms with Crippen LogP contribution in [0.4, 0.5) is 0 Å². The molecule has 0 aliphatic rings. The van der Waals surface area contributed by atoms with Gasteiger partial charge >= 0.3 is 0 Å². The van der Waals surface area contributed by atoms with E-state index in [-0.39, 0.29) is 5.91 Å². The fourth-order valence-corrected chi connectivity index (χ4v) is 2.43. The highest BCUT2D eigenvalue weighted by atomic mass is 32.1. The van der Waals surface area contributed by atoms with E-state index in [1.54, 1.807) is 10.7 Å². The summed E-state index contributed by atoms with van der Waals surface area (Å²) in [4.78, 5) is 12.5. The lowest BCUT2D eigenvalue weighted by molar-refractivity contribution is 0.0959. The zero-order chi connectivity index (χ0) is 15.4. The van der Waals surface area contributed by atoms with E-state index in [0.717, 1.165) is 11.3 Å². The molecule has 8 heteroatoms. The number of carbonyl (C=O) groups is 1. The summed E-state index contributed by atoms with van der Waals surface area (Å²) >= 11 is 1.37. The van der Waals surface area contributed by atoms with Crippen molar-refractivity contribution in [2.75, 3.05) is 0 Å². The number of hydrogen-bond donors (Lipinski definition) is 1. The number of benzene rings is 1. The van der Waals surface area contributed by atoms with Gasteiger partial charge in [-0.1, -0.05) is 18.2 Å². The molecule has 0 radical (unpaired) electrons. The van der Waals surface area contributed by atoms with Crippen molar-refractivity contribution in [3.8, 4) is 5.69 Å². The minimum absolute atomic E-state index is 0.217. The molecule has 1 N–H and O–H groups in total. The maximum Gasteiger partial charge on any atom is 0.281 e.